The summed E-state index contributed by atoms with van der Waals surface area (Å²) in [5, 5.41) is 0.0766. The number of carbonyl (C=O) groups is 2. The number of benzene rings is 1. The topological polar surface area (TPSA) is 77.4 Å². The number of hydrogen-bond donors (Lipinski definition) is 0. The molecule has 39 heavy (non-hydrogen) atoms. The zero-order valence-corrected chi connectivity index (χ0v) is 25.4. The van der Waals surface area contributed by atoms with Crippen molar-refractivity contribution in [3.05, 3.63) is 29.3 Å². The zero-order valence-electron chi connectivity index (χ0n) is 24.6. The number of aryl methyl sites for hydroxylation is 1. The summed E-state index contributed by atoms with van der Waals surface area (Å²) < 4.78 is 16.9. The van der Waals surface area contributed by atoms with Crippen LogP contribution in [-0.2, 0) is 20.7 Å². The first-order chi connectivity index (χ1) is 18.9. The van der Waals surface area contributed by atoms with Crippen LogP contribution >= 0.6 is 12.2 Å². The highest BCUT2D eigenvalue weighted by atomic mass is 32.1. The Kier molecular flexibility index (Phi) is 15.1. The molecule has 1 amide bonds. The van der Waals surface area contributed by atoms with Crippen molar-refractivity contribution < 1.29 is 23.8 Å². The van der Waals surface area contributed by atoms with Crippen LogP contribution in [0.15, 0.2) is 23.2 Å². The van der Waals surface area contributed by atoms with Crippen LogP contribution in [-0.4, -0.2) is 47.6 Å². The third kappa shape index (κ3) is 9.59. The van der Waals surface area contributed by atoms with Gasteiger partial charge in [0.15, 0.2) is 0 Å². The first kappa shape index (κ1) is 32.7. The van der Waals surface area contributed by atoms with Crippen LogP contribution < -0.4 is 4.74 Å². The minimum absolute atomic E-state index is 0.0766. The SMILES string of the molecule is CCCCCCCCCCCCc1cccc(OCC)c1C1C(C(=O)OCC)C(C)=NC(=S)N1C(=O)OCC. The molecule has 8 heteroatoms. The fourth-order valence-corrected chi connectivity index (χ4v) is 5.54. The van der Waals surface area contributed by atoms with Gasteiger partial charge in [0, 0.05) is 11.3 Å². The van der Waals surface area contributed by atoms with Gasteiger partial charge in [-0.3, -0.25) is 4.79 Å². The average molecular weight is 561 g/mol. The minimum Gasteiger partial charge on any atom is -0.494 e. The van der Waals surface area contributed by atoms with Crippen molar-refractivity contribution in [2.45, 2.75) is 111 Å². The highest BCUT2D eigenvalue weighted by molar-refractivity contribution is 7.80. The molecule has 2 unspecified atom stereocenters. The molecule has 2 rings (SSSR count). The van der Waals surface area contributed by atoms with Crippen molar-refractivity contribution in [2.75, 3.05) is 19.8 Å². The quantitative estimate of drug-likeness (QED) is 0.109. The van der Waals surface area contributed by atoms with Gasteiger partial charge in [-0.2, -0.15) is 0 Å². The van der Waals surface area contributed by atoms with E-state index in [1.807, 2.05) is 19.1 Å². The summed E-state index contributed by atoms with van der Waals surface area (Å²) in [7, 11) is 0. The highest BCUT2D eigenvalue weighted by Crippen LogP contribution is 2.42. The van der Waals surface area contributed by atoms with E-state index in [0.717, 1.165) is 30.4 Å². The number of hydrogen-bond acceptors (Lipinski definition) is 6. The summed E-state index contributed by atoms with van der Waals surface area (Å²) in [5.74, 6) is -0.640. The first-order valence-electron chi connectivity index (χ1n) is 14.9. The molecule has 7 nitrogen and oxygen atoms in total. The third-order valence-electron chi connectivity index (χ3n) is 7.08. The molecular weight excluding hydrogens is 512 g/mol. The Balaban J connectivity index is 2.33. The number of rotatable bonds is 17. The van der Waals surface area contributed by atoms with Crippen molar-refractivity contribution in [3.8, 4) is 5.75 Å². The molecule has 0 saturated heterocycles. The lowest BCUT2D eigenvalue weighted by Crippen LogP contribution is -2.50. The van der Waals surface area contributed by atoms with Crippen LogP contribution in [0, 0.1) is 5.92 Å². The number of esters is 1. The van der Waals surface area contributed by atoms with Crippen molar-refractivity contribution in [1.29, 1.82) is 0 Å². The predicted molar refractivity (Wildman–Crippen MR) is 161 cm³/mol. The molecule has 0 saturated carbocycles. The molecule has 1 aliphatic rings. The Labute approximate surface area is 240 Å². The summed E-state index contributed by atoms with van der Waals surface area (Å²) in [5.41, 5.74) is 2.32. The second-order valence-corrected chi connectivity index (χ2v) is 10.3. The maximum atomic E-state index is 13.3. The van der Waals surface area contributed by atoms with Gasteiger partial charge < -0.3 is 14.2 Å². The number of unbranched alkanes of at least 4 members (excludes halogenated alkanes) is 9. The van der Waals surface area contributed by atoms with Gasteiger partial charge in [0.2, 0.25) is 5.11 Å². The van der Waals surface area contributed by atoms with Gasteiger partial charge >= 0.3 is 12.1 Å². The fourth-order valence-electron chi connectivity index (χ4n) is 5.21. The second kappa shape index (κ2) is 18.0. The number of carbonyl (C=O) groups excluding carboxylic acids is 2. The highest BCUT2D eigenvalue weighted by Gasteiger charge is 2.47. The number of amides is 1. The van der Waals surface area contributed by atoms with Gasteiger partial charge in [-0.25, -0.2) is 14.7 Å². The number of thiocarbonyl (C=S) groups is 1. The van der Waals surface area contributed by atoms with Crippen molar-refractivity contribution >= 4 is 35.1 Å². The molecule has 1 aromatic rings. The Morgan fingerprint density at radius 1 is 0.872 bits per heavy atom. The fraction of sp³-hybridized carbons (Fsp3) is 0.677. The summed E-state index contributed by atoms with van der Waals surface area (Å²) in [6, 6.07) is 5.14. The number of nitrogens with zero attached hydrogens (tertiary/aromatic N) is 2. The molecule has 1 heterocycles. The Bertz CT molecular complexity index is 964. The van der Waals surface area contributed by atoms with Crippen LogP contribution in [0.5, 0.6) is 5.75 Å². The van der Waals surface area contributed by atoms with E-state index in [1.165, 1.54) is 56.3 Å². The zero-order chi connectivity index (χ0) is 28.6. The average Bonchev–Trinajstić information content (AvgIpc) is 2.90. The van der Waals surface area contributed by atoms with Gasteiger partial charge in [-0.1, -0.05) is 76.8 Å². The van der Waals surface area contributed by atoms with Gasteiger partial charge in [-0.15, -0.1) is 0 Å². The van der Waals surface area contributed by atoms with Crippen LogP contribution in [0.25, 0.3) is 0 Å². The first-order valence-corrected chi connectivity index (χ1v) is 15.3. The van der Waals surface area contributed by atoms with E-state index < -0.39 is 24.0 Å². The summed E-state index contributed by atoms with van der Waals surface area (Å²) in [6.45, 7) is 10.3. The Morgan fingerprint density at radius 2 is 1.49 bits per heavy atom. The molecule has 0 fully saturated rings. The summed E-state index contributed by atoms with van der Waals surface area (Å²) in [6.07, 6.45) is 12.7. The molecule has 2 atom stereocenters. The summed E-state index contributed by atoms with van der Waals surface area (Å²) in [4.78, 5) is 32.2. The van der Waals surface area contributed by atoms with Crippen molar-refractivity contribution in [2.24, 2.45) is 10.9 Å². The summed E-state index contributed by atoms with van der Waals surface area (Å²) >= 11 is 5.55. The smallest absolute Gasteiger partial charge is 0.416 e. The van der Waals surface area contributed by atoms with E-state index >= 15 is 0 Å². The molecule has 0 N–H and O–H groups in total. The standard InChI is InChI=1S/C31H48N2O5S/c1-6-10-11-12-13-14-15-16-17-18-20-24-21-19-22-25(36-7-2)27(24)28-26(29(34)37-8-3)23(5)32-30(39)33(28)31(35)38-9-4/h19,21-22,26,28H,6-18,20H2,1-5H3. The van der Waals surface area contributed by atoms with Crippen LogP contribution in [0.2, 0.25) is 0 Å². The molecule has 0 aromatic heterocycles. The largest absolute Gasteiger partial charge is 0.494 e. The van der Waals surface area contributed by atoms with Gasteiger partial charge in [0.25, 0.3) is 0 Å². The predicted octanol–water partition coefficient (Wildman–Crippen LogP) is 7.99. The molecule has 0 spiro atoms. The van der Waals surface area contributed by atoms with E-state index in [2.05, 4.69) is 18.0 Å². The van der Waals surface area contributed by atoms with Gasteiger partial charge in [-0.05, 0) is 64.4 Å². The molecule has 1 aromatic carbocycles. The minimum atomic E-state index is -0.825. The maximum absolute atomic E-state index is 13.3. The lowest BCUT2D eigenvalue weighted by atomic mass is 9.83. The van der Waals surface area contributed by atoms with Crippen LogP contribution in [0.4, 0.5) is 4.79 Å². The number of ether oxygens (including phenoxy) is 3. The Hall–Kier alpha value is -2.48. The van der Waals surface area contributed by atoms with E-state index in [9.17, 15) is 9.59 Å². The van der Waals surface area contributed by atoms with Crippen molar-refractivity contribution in [3.63, 3.8) is 0 Å². The van der Waals surface area contributed by atoms with E-state index in [0.29, 0.717) is 18.1 Å². The van der Waals surface area contributed by atoms with E-state index in [4.69, 9.17) is 26.4 Å². The Morgan fingerprint density at radius 3 is 2.08 bits per heavy atom. The van der Waals surface area contributed by atoms with Crippen LogP contribution in [0.1, 0.15) is 116 Å². The molecule has 0 bridgehead atoms. The molecule has 1 aliphatic heterocycles. The maximum Gasteiger partial charge on any atom is 0.416 e. The normalized spacial score (nSPS) is 17.1. The van der Waals surface area contributed by atoms with Gasteiger partial charge in [0.1, 0.15) is 11.7 Å². The van der Waals surface area contributed by atoms with E-state index in [-0.39, 0.29) is 18.3 Å². The molecular formula is C31H48N2O5S. The number of aliphatic imine (C=N–C) groups is 1. The monoisotopic (exact) mass is 560 g/mol. The molecule has 0 aliphatic carbocycles. The molecule has 218 valence electrons. The van der Waals surface area contributed by atoms with Crippen LogP contribution in [0.3, 0.4) is 0 Å². The van der Waals surface area contributed by atoms with E-state index in [1.54, 1.807) is 20.8 Å². The lowest BCUT2D eigenvalue weighted by Gasteiger charge is -2.39. The second-order valence-electron chi connectivity index (χ2n) is 9.97. The van der Waals surface area contributed by atoms with Crippen molar-refractivity contribution in [1.82, 2.24) is 4.90 Å². The van der Waals surface area contributed by atoms with Gasteiger partial charge in [0.05, 0.1) is 25.9 Å². The molecule has 0 radical (unpaired) electrons. The lowest BCUT2D eigenvalue weighted by molar-refractivity contribution is -0.147. The third-order valence-corrected chi connectivity index (χ3v) is 7.37.